The van der Waals surface area contributed by atoms with Gasteiger partial charge in [0.1, 0.15) is 0 Å². The van der Waals surface area contributed by atoms with E-state index in [9.17, 15) is 5.11 Å². The summed E-state index contributed by atoms with van der Waals surface area (Å²) < 4.78 is 2.36. The van der Waals surface area contributed by atoms with Crippen LogP contribution in [0, 0.1) is 0 Å². The smallest absolute Gasteiger partial charge is 0.0807 e. The van der Waals surface area contributed by atoms with E-state index in [1.165, 1.54) is 36.9 Å². The number of hydrogen-bond acceptors (Lipinski definition) is 1. The Morgan fingerprint density at radius 3 is 3.06 bits per heavy atom. The van der Waals surface area contributed by atoms with E-state index in [1.807, 2.05) is 0 Å². The molecule has 0 aromatic carbocycles. The van der Waals surface area contributed by atoms with Crippen molar-refractivity contribution in [1.82, 2.24) is 4.57 Å². The number of aryl methyl sites for hydroxylation is 1. The number of aromatic nitrogens is 1. The molecule has 0 radical (unpaired) electrons. The Bertz CT molecular complexity index is 430. The second-order valence-electron chi connectivity index (χ2n) is 5.32. The Kier molecular flexibility index (Phi) is 3.06. The average Bonchev–Trinajstić information content (AvgIpc) is 2.95. The third-order valence-corrected chi connectivity index (χ3v) is 4.17. The summed E-state index contributed by atoms with van der Waals surface area (Å²) in [6.45, 7) is 1.09. The van der Waals surface area contributed by atoms with E-state index in [-0.39, 0.29) is 6.10 Å². The average molecular weight is 231 g/mol. The summed E-state index contributed by atoms with van der Waals surface area (Å²) in [6.07, 6.45) is 12.7. The second-order valence-corrected chi connectivity index (χ2v) is 5.32. The highest BCUT2D eigenvalue weighted by Gasteiger charge is 2.20. The normalized spacial score (nSPS) is 23.6. The maximum absolute atomic E-state index is 9.93. The highest BCUT2D eigenvalue weighted by Crippen LogP contribution is 2.31. The van der Waals surface area contributed by atoms with Crippen molar-refractivity contribution in [2.24, 2.45) is 0 Å². The van der Waals surface area contributed by atoms with E-state index in [0.29, 0.717) is 0 Å². The fraction of sp³-hybridized carbons (Fsp3) is 0.600. The molecule has 17 heavy (non-hydrogen) atoms. The van der Waals surface area contributed by atoms with Crippen molar-refractivity contribution in [1.29, 1.82) is 0 Å². The SMILES string of the molecule is OC1CCCc2c1ccn2CCC1=CCCC1. The lowest BCUT2D eigenvalue weighted by molar-refractivity contribution is 0.155. The van der Waals surface area contributed by atoms with Crippen LogP contribution < -0.4 is 0 Å². The molecule has 0 saturated carbocycles. The van der Waals surface area contributed by atoms with Crippen LogP contribution >= 0.6 is 0 Å². The first-order valence-corrected chi connectivity index (χ1v) is 6.88. The molecule has 0 aliphatic heterocycles. The molecule has 1 unspecified atom stereocenters. The van der Waals surface area contributed by atoms with Crippen molar-refractivity contribution in [3.05, 3.63) is 35.2 Å². The van der Waals surface area contributed by atoms with Gasteiger partial charge < -0.3 is 9.67 Å². The number of aliphatic hydroxyl groups excluding tert-OH is 1. The standard InChI is InChI=1S/C15H21NO/c17-15-7-3-6-14-13(15)9-11-16(14)10-8-12-4-1-2-5-12/h4,9,11,15,17H,1-3,5-8,10H2. The first kappa shape index (κ1) is 11.1. The maximum atomic E-state index is 9.93. The molecule has 0 fully saturated rings. The number of rotatable bonds is 3. The van der Waals surface area contributed by atoms with Gasteiger partial charge in [0, 0.05) is 24.0 Å². The van der Waals surface area contributed by atoms with Gasteiger partial charge in [0.05, 0.1) is 6.10 Å². The van der Waals surface area contributed by atoms with Crippen molar-refractivity contribution in [3.63, 3.8) is 0 Å². The molecule has 0 amide bonds. The lowest BCUT2D eigenvalue weighted by Gasteiger charge is -2.20. The Hall–Kier alpha value is -1.02. The van der Waals surface area contributed by atoms with E-state index < -0.39 is 0 Å². The zero-order chi connectivity index (χ0) is 11.7. The summed E-state index contributed by atoms with van der Waals surface area (Å²) in [7, 11) is 0. The molecule has 1 aromatic rings. The maximum Gasteiger partial charge on any atom is 0.0807 e. The number of fused-ring (bicyclic) bond motifs is 1. The highest BCUT2D eigenvalue weighted by atomic mass is 16.3. The molecule has 0 saturated heterocycles. The fourth-order valence-corrected chi connectivity index (χ4v) is 3.17. The summed E-state index contributed by atoms with van der Waals surface area (Å²) in [4.78, 5) is 0. The molecule has 0 bridgehead atoms. The van der Waals surface area contributed by atoms with Gasteiger partial charge in [-0.2, -0.15) is 0 Å². The van der Waals surface area contributed by atoms with Gasteiger partial charge in [-0.25, -0.2) is 0 Å². The number of nitrogens with zero attached hydrogens (tertiary/aromatic N) is 1. The largest absolute Gasteiger partial charge is 0.388 e. The summed E-state index contributed by atoms with van der Waals surface area (Å²) in [5.74, 6) is 0. The van der Waals surface area contributed by atoms with Gasteiger partial charge in [0.15, 0.2) is 0 Å². The van der Waals surface area contributed by atoms with Crippen LogP contribution in [-0.2, 0) is 13.0 Å². The molecule has 3 rings (SSSR count). The lowest BCUT2D eigenvalue weighted by atomic mass is 9.95. The van der Waals surface area contributed by atoms with Gasteiger partial charge in [-0.05, 0) is 51.0 Å². The molecule has 1 N–H and O–H groups in total. The Balaban J connectivity index is 1.71. The second kappa shape index (κ2) is 4.69. The minimum absolute atomic E-state index is 0.217. The third kappa shape index (κ3) is 2.19. The van der Waals surface area contributed by atoms with Crippen LogP contribution in [0.5, 0.6) is 0 Å². The highest BCUT2D eigenvalue weighted by molar-refractivity contribution is 5.27. The van der Waals surface area contributed by atoms with E-state index in [0.717, 1.165) is 25.8 Å². The molecular weight excluding hydrogens is 210 g/mol. The van der Waals surface area contributed by atoms with Crippen molar-refractivity contribution < 1.29 is 5.11 Å². The van der Waals surface area contributed by atoms with Gasteiger partial charge in [-0.3, -0.25) is 0 Å². The van der Waals surface area contributed by atoms with Crippen LogP contribution in [0.25, 0.3) is 0 Å². The fourth-order valence-electron chi connectivity index (χ4n) is 3.17. The molecule has 92 valence electrons. The first-order chi connectivity index (χ1) is 8.34. The molecule has 0 spiro atoms. The van der Waals surface area contributed by atoms with Crippen LogP contribution in [-0.4, -0.2) is 9.67 Å². The lowest BCUT2D eigenvalue weighted by Crippen LogP contribution is -2.12. The molecule has 2 aliphatic carbocycles. The Morgan fingerprint density at radius 1 is 1.29 bits per heavy atom. The predicted molar refractivity (Wildman–Crippen MR) is 68.9 cm³/mol. The van der Waals surface area contributed by atoms with Crippen molar-refractivity contribution >= 4 is 0 Å². The van der Waals surface area contributed by atoms with Gasteiger partial charge >= 0.3 is 0 Å². The minimum Gasteiger partial charge on any atom is -0.388 e. The number of allylic oxidation sites excluding steroid dienone is 2. The molecule has 2 aliphatic rings. The molecule has 1 atom stereocenters. The van der Waals surface area contributed by atoms with E-state index in [1.54, 1.807) is 5.57 Å². The zero-order valence-electron chi connectivity index (χ0n) is 10.4. The third-order valence-electron chi connectivity index (χ3n) is 4.17. The van der Waals surface area contributed by atoms with Gasteiger partial charge in [0.2, 0.25) is 0 Å². The number of aliphatic hydroxyl groups is 1. The van der Waals surface area contributed by atoms with Crippen molar-refractivity contribution in [2.45, 2.75) is 57.6 Å². The molecular formula is C15H21NO. The van der Waals surface area contributed by atoms with Gasteiger partial charge in [0.25, 0.3) is 0 Å². The van der Waals surface area contributed by atoms with E-state index in [2.05, 4.69) is 22.9 Å². The van der Waals surface area contributed by atoms with Crippen LogP contribution in [0.1, 0.15) is 55.9 Å². The van der Waals surface area contributed by atoms with Crippen LogP contribution in [0.3, 0.4) is 0 Å². The molecule has 1 heterocycles. The molecule has 2 nitrogen and oxygen atoms in total. The Labute approximate surface area is 103 Å². The summed E-state index contributed by atoms with van der Waals surface area (Å²) in [5, 5.41) is 9.93. The predicted octanol–water partition coefficient (Wildman–Crippen LogP) is 3.36. The summed E-state index contributed by atoms with van der Waals surface area (Å²) >= 11 is 0. The van der Waals surface area contributed by atoms with Crippen LogP contribution in [0.4, 0.5) is 0 Å². The minimum atomic E-state index is -0.217. The van der Waals surface area contributed by atoms with Crippen LogP contribution in [0.2, 0.25) is 0 Å². The van der Waals surface area contributed by atoms with Crippen molar-refractivity contribution in [3.8, 4) is 0 Å². The number of hydrogen-bond donors (Lipinski definition) is 1. The van der Waals surface area contributed by atoms with Crippen molar-refractivity contribution in [2.75, 3.05) is 0 Å². The first-order valence-electron chi connectivity index (χ1n) is 6.88. The topological polar surface area (TPSA) is 25.2 Å². The van der Waals surface area contributed by atoms with Gasteiger partial charge in [-0.1, -0.05) is 11.6 Å². The quantitative estimate of drug-likeness (QED) is 0.793. The van der Waals surface area contributed by atoms with Gasteiger partial charge in [-0.15, -0.1) is 0 Å². The van der Waals surface area contributed by atoms with Crippen LogP contribution in [0.15, 0.2) is 23.9 Å². The molecule has 2 heteroatoms. The molecule has 1 aromatic heterocycles. The monoisotopic (exact) mass is 231 g/mol. The Morgan fingerprint density at radius 2 is 2.24 bits per heavy atom. The zero-order valence-corrected chi connectivity index (χ0v) is 10.4. The van der Waals surface area contributed by atoms with E-state index >= 15 is 0 Å². The summed E-state index contributed by atoms with van der Waals surface area (Å²) in [6, 6.07) is 2.11. The summed E-state index contributed by atoms with van der Waals surface area (Å²) in [5.41, 5.74) is 4.18. The van der Waals surface area contributed by atoms with E-state index in [4.69, 9.17) is 0 Å².